The number of hydrogen-bond acceptors (Lipinski definition) is 3. The molecule has 0 atom stereocenters. The molecule has 1 heterocycles. The van der Waals surface area contributed by atoms with Crippen LogP contribution >= 0.6 is 11.3 Å². The topological polar surface area (TPSA) is 42.0 Å². The van der Waals surface area contributed by atoms with E-state index in [4.69, 9.17) is 0 Å². The predicted octanol–water partition coefficient (Wildman–Crippen LogP) is 3.22. The van der Waals surface area contributed by atoms with Gasteiger partial charge in [-0.25, -0.2) is 9.37 Å². The molecule has 1 aromatic carbocycles. The fourth-order valence-corrected chi connectivity index (χ4v) is 2.51. The van der Waals surface area contributed by atoms with Gasteiger partial charge in [0.2, 0.25) is 5.91 Å². The Bertz CT molecular complexity index is 565. The third kappa shape index (κ3) is 2.68. The molecule has 0 aliphatic carbocycles. The lowest BCUT2D eigenvalue weighted by Crippen LogP contribution is -2.04. The van der Waals surface area contributed by atoms with Crippen molar-refractivity contribution < 1.29 is 9.18 Å². The summed E-state index contributed by atoms with van der Waals surface area (Å²) >= 11 is 1.34. The van der Waals surface area contributed by atoms with E-state index in [2.05, 4.69) is 10.3 Å². The van der Waals surface area contributed by atoms with Gasteiger partial charge in [0.1, 0.15) is 5.82 Å². The Balaban J connectivity index is 2.39. The van der Waals surface area contributed by atoms with Crippen molar-refractivity contribution in [1.82, 2.24) is 4.98 Å². The SMILES string of the molecule is CC(=O)Nc1nc(C)c(-c2cccc(F)c2)s1. The van der Waals surface area contributed by atoms with Gasteiger partial charge in [0.15, 0.2) is 5.13 Å². The smallest absolute Gasteiger partial charge is 0.223 e. The van der Waals surface area contributed by atoms with Crippen LogP contribution in [0.1, 0.15) is 12.6 Å². The number of rotatable bonds is 2. The maximum Gasteiger partial charge on any atom is 0.223 e. The molecule has 0 aliphatic rings. The zero-order valence-corrected chi connectivity index (χ0v) is 10.3. The summed E-state index contributed by atoms with van der Waals surface area (Å²) in [6.07, 6.45) is 0. The highest BCUT2D eigenvalue weighted by molar-refractivity contribution is 7.19. The second-order valence-electron chi connectivity index (χ2n) is 3.63. The second kappa shape index (κ2) is 4.63. The van der Waals surface area contributed by atoms with Gasteiger partial charge in [-0.15, -0.1) is 0 Å². The predicted molar refractivity (Wildman–Crippen MR) is 66.5 cm³/mol. The maximum absolute atomic E-state index is 13.1. The molecule has 0 spiro atoms. The third-order valence-electron chi connectivity index (χ3n) is 2.17. The Morgan fingerprint density at radius 2 is 2.24 bits per heavy atom. The number of halogens is 1. The van der Waals surface area contributed by atoms with Crippen molar-refractivity contribution in [3.8, 4) is 10.4 Å². The molecular formula is C12H11FN2OS. The highest BCUT2D eigenvalue weighted by atomic mass is 32.1. The van der Waals surface area contributed by atoms with Gasteiger partial charge in [-0.2, -0.15) is 0 Å². The number of aromatic nitrogens is 1. The van der Waals surface area contributed by atoms with Gasteiger partial charge in [0.05, 0.1) is 10.6 Å². The van der Waals surface area contributed by atoms with Crippen LogP contribution in [-0.4, -0.2) is 10.9 Å². The van der Waals surface area contributed by atoms with Crippen molar-refractivity contribution in [2.24, 2.45) is 0 Å². The minimum absolute atomic E-state index is 0.162. The first-order valence-electron chi connectivity index (χ1n) is 5.07. The lowest BCUT2D eigenvalue weighted by Gasteiger charge is -1.97. The van der Waals surface area contributed by atoms with Crippen LogP contribution in [0.15, 0.2) is 24.3 Å². The molecule has 3 nitrogen and oxygen atoms in total. The Morgan fingerprint density at radius 3 is 2.88 bits per heavy atom. The van der Waals surface area contributed by atoms with Gasteiger partial charge < -0.3 is 5.32 Å². The van der Waals surface area contributed by atoms with Crippen molar-refractivity contribution >= 4 is 22.4 Å². The van der Waals surface area contributed by atoms with Gasteiger partial charge in [-0.1, -0.05) is 23.5 Å². The standard InChI is InChI=1S/C12H11FN2OS/c1-7-11(9-4-3-5-10(13)6-9)17-12(14-7)15-8(2)16/h3-6H,1-2H3,(H,14,15,16). The van der Waals surface area contributed by atoms with E-state index in [-0.39, 0.29) is 11.7 Å². The normalized spacial score (nSPS) is 10.3. The highest BCUT2D eigenvalue weighted by Crippen LogP contribution is 2.32. The van der Waals surface area contributed by atoms with Crippen LogP contribution in [0.2, 0.25) is 0 Å². The first-order valence-corrected chi connectivity index (χ1v) is 5.89. The average molecular weight is 250 g/mol. The van der Waals surface area contributed by atoms with Gasteiger partial charge in [-0.3, -0.25) is 4.79 Å². The van der Waals surface area contributed by atoms with Crippen LogP contribution in [0.4, 0.5) is 9.52 Å². The summed E-state index contributed by atoms with van der Waals surface area (Å²) in [5, 5.41) is 3.16. The summed E-state index contributed by atoms with van der Waals surface area (Å²) in [7, 11) is 0. The number of nitrogens with zero attached hydrogens (tertiary/aromatic N) is 1. The number of carbonyl (C=O) groups excluding carboxylic acids is 1. The molecule has 0 radical (unpaired) electrons. The van der Waals surface area contributed by atoms with Crippen LogP contribution in [0, 0.1) is 12.7 Å². The maximum atomic E-state index is 13.1. The van der Waals surface area contributed by atoms with Crippen LogP contribution in [0.3, 0.4) is 0 Å². The van der Waals surface area contributed by atoms with Crippen LogP contribution in [-0.2, 0) is 4.79 Å². The van der Waals surface area contributed by atoms with Crippen LogP contribution in [0.5, 0.6) is 0 Å². The van der Waals surface area contributed by atoms with E-state index < -0.39 is 0 Å². The fraction of sp³-hybridized carbons (Fsp3) is 0.167. The Hall–Kier alpha value is -1.75. The minimum Gasteiger partial charge on any atom is -0.302 e. The first kappa shape index (κ1) is 11.7. The molecular weight excluding hydrogens is 239 g/mol. The third-order valence-corrected chi connectivity index (χ3v) is 3.29. The van der Waals surface area contributed by atoms with Crippen LogP contribution in [0.25, 0.3) is 10.4 Å². The van der Waals surface area contributed by atoms with Gasteiger partial charge in [0.25, 0.3) is 0 Å². The van der Waals surface area contributed by atoms with Crippen molar-refractivity contribution in [2.45, 2.75) is 13.8 Å². The lowest BCUT2D eigenvalue weighted by atomic mass is 10.1. The monoisotopic (exact) mass is 250 g/mol. The molecule has 0 saturated heterocycles. The number of nitrogens with one attached hydrogen (secondary N) is 1. The van der Waals surface area contributed by atoms with Gasteiger partial charge >= 0.3 is 0 Å². The Morgan fingerprint density at radius 1 is 1.47 bits per heavy atom. The number of aryl methyl sites for hydroxylation is 1. The Labute approximate surface area is 102 Å². The average Bonchev–Trinajstić information content (AvgIpc) is 2.58. The molecule has 2 aromatic rings. The highest BCUT2D eigenvalue weighted by Gasteiger charge is 2.10. The quantitative estimate of drug-likeness (QED) is 0.889. The molecule has 5 heteroatoms. The fourth-order valence-electron chi connectivity index (χ4n) is 1.50. The number of anilines is 1. The van der Waals surface area contributed by atoms with Crippen molar-refractivity contribution in [2.75, 3.05) is 5.32 Å². The number of amides is 1. The zero-order valence-electron chi connectivity index (χ0n) is 9.45. The lowest BCUT2D eigenvalue weighted by molar-refractivity contribution is -0.114. The first-order chi connectivity index (χ1) is 8.06. The van der Waals surface area contributed by atoms with Crippen molar-refractivity contribution in [3.63, 3.8) is 0 Å². The molecule has 2 rings (SSSR count). The minimum atomic E-state index is -0.281. The number of carbonyl (C=O) groups is 1. The zero-order chi connectivity index (χ0) is 12.4. The molecule has 0 unspecified atom stereocenters. The molecule has 0 saturated carbocycles. The molecule has 17 heavy (non-hydrogen) atoms. The summed E-state index contributed by atoms with van der Waals surface area (Å²) in [5.74, 6) is -0.444. The molecule has 0 fully saturated rings. The Kier molecular flexibility index (Phi) is 3.19. The molecule has 0 bridgehead atoms. The molecule has 88 valence electrons. The van der Waals surface area contributed by atoms with E-state index in [1.165, 1.54) is 30.4 Å². The van der Waals surface area contributed by atoms with E-state index in [1.807, 2.05) is 13.0 Å². The van der Waals surface area contributed by atoms with E-state index in [1.54, 1.807) is 6.07 Å². The number of benzene rings is 1. The van der Waals surface area contributed by atoms with Crippen LogP contribution < -0.4 is 5.32 Å². The molecule has 1 amide bonds. The molecule has 1 aromatic heterocycles. The number of thiazole rings is 1. The summed E-state index contributed by atoms with van der Waals surface area (Å²) in [6.45, 7) is 3.26. The van der Waals surface area contributed by atoms with E-state index >= 15 is 0 Å². The largest absolute Gasteiger partial charge is 0.302 e. The van der Waals surface area contributed by atoms with Gasteiger partial charge in [0, 0.05) is 6.92 Å². The second-order valence-corrected chi connectivity index (χ2v) is 4.62. The molecule has 1 N–H and O–H groups in total. The van der Waals surface area contributed by atoms with E-state index in [9.17, 15) is 9.18 Å². The summed E-state index contributed by atoms with van der Waals surface area (Å²) in [6, 6.07) is 6.33. The summed E-state index contributed by atoms with van der Waals surface area (Å²) in [5.41, 5.74) is 1.56. The number of hydrogen-bond donors (Lipinski definition) is 1. The van der Waals surface area contributed by atoms with Crippen molar-refractivity contribution in [3.05, 3.63) is 35.8 Å². The van der Waals surface area contributed by atoms with E-state index in [0.717, 1.165) is 16.1 Å². The summed E-state index contributed by atoms with van der Waals surface area (Å²) in [4.78, 5) is 16.0. The van der Waals surface area contributed by atoms with E-state index in [0.29, 0.717) is 5.13 Å². The summed E-state index contributed by atoms with van der Waals surface area (Å²) < 4.78 is 13.1. The van der Waals surface area contributed by atoms with Crippen molar-refractivity contribution in [1.29, 1.82) is 0 Å². The van der Waals surface area contributed by atoms with Gasteiger partial charge in [-0.05, 0) is 24.6 Å². The molecule has 0 aliphatic heterocycles.